The summed E-state index contributed by atoms with van der Waals surface area (Å²) in [6, 6.07) is 0. The Morgan fingerprint density at radius 2 is 1.80 bits per heavy atom. The molecule has 0 aliphatic carbocycles. The molecule has 0 saturated carbocycles. The number of amides is 1. The van der Waals surface area contributed by atoms with Gasteiger partial charge in [-0.2, -0.15) is 0 Å². The lowest BCUT2D eigenvalue weighted by Crippen LogP contribution is -2.52. The maximum Gasteiger partial charge on any atom is 0.405 e. The molecule has 1 saturated heterocycles. The van der Waals surface area contributed by atoms with Gasteiger partial charge in [-0.15, -0.1) is 0 Å². The number of nitrogens with two attached hydrogens (primary N) is 1. The number of likely N-dealkylation sites (tertiary alicyclic amines) is 1. The van der Waals surface area contributed by atoms with Crippen molar-refractivity contribution in [3.8, 4) is 0 Å². The van der Waals surface area contributed by atoms with Crippen LogP contribution in [0.3, 0.4) is 0 Å². The van der Waals surface area contributed by atoms with Crippen LogP contribution in [0.25, 0.3) is 0 Å². The third-order valence-corrected chi connectivity index (χ3v) is 3.12. The lowest BCUT2D eigenvalue weighted by molar-refractivity contribution is -0.0367. The fourth-order valence-corrected chi connectivity index (χ4v) is 2.00. The van der Waals surface area contributed by atoms with E-state index in [1.807, 2.05) is 6.92 Å². The molecule has 0 unspecified atom stereocenters. The van der Waals surface area contributed by atoms with Crippen LogP contribution in [0.1, 0.15) is 40.5 Å². The molecule has 1 rings (SSSR count). The number of piperidine rings is 1. The van der Waals surface area contributed by atoms with E-state index < -0.39 is 6.09 Å². The number of hydrogen-bond donors (Lipinski definition) is 1. The first-order valence-corrected chi connectivity index (χ1v) is 5.46. The van der Waals surface area contributed by atoms with Crippen LogP contribution in [0.4, 0.5) is 4.79 Å². The zero-order valence-corrected chi connectivity index (χ0v) is 10.2. The van der Waals surface area contributed by atoms with E-state index in [0.717, 1.165) is 25.9 Å². The normalized spacial score (nSPS) is 22.4. The minimum absolute atomic E-state index is 0.189. The second kappa shape index (κ2) is 4.00. The molecule has 4 nitrogen and oxygen atoms in total. The van der Waals surface area contributed by atoms with Gasteiger partial charge in [0.05, 0.1) is 0 Å². The lowest BCUT2D eigenvalue weighted by atomic mass is 9.90. The predicted molar refractivity (Wildman–Crippen MR) is 59.6 cm³/mol. The Morgan fingerprint density at radius 3 is 2.13 bits per heavy atom. The van der Waals surface area contributed by atoms with Crippen LogP contribution in [0.5, 0.6) is 0 Å². The number of primary amides is 1. The van der Waals surface area contributed by atoms with Crippen molar-refractivity contribution in [2.24, 2.45) is 5.73 Å². The minimum atomic E-state index is -0.665. The van der Waals surface area contributed by atoms with Gasteiger partial charge in [0.15, 0.2) is 0 Å². The zero-order chi connectivity index (χ0) is 11.7. The van der Waals surface area contributed by atoms with Gasteiger partial charge >= 0.3 is 6.09 Å². The molecule has 1 fully saturated rings. The molecular formula is C11H22N2O2. The Bertz CT molecular complexity index is 237. The van der Waals surface area contributed by atoms with Crippen molar-refractivity contribution in [1.29, 1.82) is 0 Å². The van der Waals surface area contributed by atoms with Crippen molar-refractivity contribution < 1.29 is 9.53 Å². The highest BCUT2D eigenvalue weighted by Crippen LogP contribution is 2.29. The zero-order valence-electron chi connectivity index (χ0n) is 10.2. The molecule has 0 bridgehead atoms. The monoisotopic (exact) mass is 214 g/mol. The average Bonchev–Trinajstić information content (AvgIpc) is 2.00. The SMILES string of the molecule is CC1(OC(N)=O)CCN(C(C)(C)C)CC1. The Morgan fingerprint density at radius 1 is 1.33 bits per heavy atom. The summed E-state index contributed by atoms with van der Waals surface area (Å²) in [6.45, 7) is 10.5. The summed E-state index contributed by atoms with van der Waals surface area (Å²) in [6.07, 6.45) is 1.04. The van der Waals surface area contributed by atoms with Crippen LogP contribution < -0.4 is 5.73 Å². The van der Waals surface area contributed by atoms with Gasteiger partial charge in [0.2, 0.25) is 0 Å². The number of hydrogen-bond acceptors (Lipinski definition) is 3. The largest absolute Gasteiger partial charge is 0.443 e. The van der Waals surface area contributed by atoms with Gasteiger partial charge in [0.25, 0.3) is 0 Å². The van der Waals surface area contributed by atoms with Crippen molar-refractivity contribution in [1.82, 2.24) is 4.90 Å². The molecule has 0 aromatic carbocycles. The number of carbonyl (C=O) groups excluding carboxylic acids is 1. The van der Waals surface area contributed by atoms with Gasteiger partial charge in [0, 0.05) is 18.6 Å². The Kier molecular flexibility index (Phi) is 3.28. The fraction of sp³-hybridized carbons (Fsp3) is 0.909. The summed E-state index contributed by atoms with van der Waals surface area (Å²) >= 11 is 0. The van der Waals surface area contributed by atoms with E-state index in [4.69, 9.17) is 10.5 Å². The predicted octanol–water partition coefficient (Wildman–Crippen LogP) is 1.73. The van der Waals surface area contributed by atoms with Gasteiger partial charge in [-0.25, -0.2) is 4.79 Å². The van der Waals surface area contributed by atoms with Crippen molar-refractivity contribution in [3.63, 3.8) is 0 Å². The van der Waals surface area contributed by atoms with E-state index in [9.17, 15) is 4.79 Å². The molecule has 15 heavy (non-hydrogen) atoms. The molecule has 88 valence electrons. The molecule has 0 atom stereocenters. The topological polar surface area (TPSA) is 55.6 Å². The van der Waals surface area contributed by atoms with E-state index in [1.54, 1.807) is 0 Å². The maximum absolute atomic E-state index is 10.7. The van der Waals surface area contributed by atoms with Crippen LogP contribution in [0, 0.1) is 0 Å². The molecule has 0 aromatic rings. The number of rotatable bonds is 1. The van der Waals surface area contributed by atoms with E-state index >= 15 is 0 Å². The second-order valence-electron chi connectivity index (χ2n) is 5.53. The van der Waals surface area contributed by atoms with Gasteiger partial charge < -0.3 is 10.5 Å². The molecule has 0 radical (unpaired) electrons. The molecule has 1 amide bonds. The summed E-state index contributed by atoms with van der Waals surface area (Å²) < 4.78 is 5.15. The molecule has 4 heteroatoms. The molecule has 2 N–H and O–H groups in total. The van der Waals surface area contributed by atoms with Crippen molar-refractivity contribution in [2.75, 3.05) is 13.1 Å². The summed E-state index contributed by atoms with van der Waals surface area (Å²) in [5, 5.41) is 0. The van der Waals surface area contributed by atoms with E-state index in [-0.39, 0.29) is 11.1 Å². The van der Waals surface area contributed by atoms with Gasteiger partial charge in [-0.05, 0) is 40.5 Å². The van der Waals surface area contributed by atoms with Gasteiger partial charge in [0.1, 0.15) is 5.60 Å². The van der Waals surface area contributed by atoms with Gasteiger partial charge in [-0.1, -0.05) is 0 Å². The first-order chi connectivity index (χ1) is 6.73. The summed E-state index contributed by atoms with van der Waals surface area (Å²) in [4.78, 5) is 13.1. The average molecular weight is 214 g/mol. The smallest absolute Gasteiger partial charge is 0.405 e. The summed E-state index contributed by atoms with van der Waals surface area (Å²) in [5.41, 5.74) is 4.88. The molecule has 1 aliphatic heterocycles. The quantitative estimate of drug-likeness (QED) is 0.723. The minimum Gasteiger partial charge on any atom is -0.443 e. The Labute approximate surface area is 91.8 Å². The highest BCUT2D eigenvalue weighted by Gasteiger charge is 2.36. The molecular weight excluding hydrogens is 192 g/mol. The fourth-order valence-electron chi connectivity index (χ4n) is 2.00. The lowest BCUT2D eigenvalue weighted by Gasteiger charge is -2.44. The maximum atomic E-state index is 10.7. The second-order valence-corrected chi connectivity index (χ2v) is 5.53. The van der Waals surface area contributed by atoms with E-state index in [1.165, 1.54) is 0 Å². The molecule has 1 aliphatic rings. The van der Waals surface area contributed by atoms with Crippen molar-refractivity contribution in [3.05, 3.63) is 0 Å². The number of carbonyl (C=O) groups is 1. The highest BCUT2D eigenvalue weighted by molar-refractivity contribution is 5.65. The van der Waals surface area contributed by atoms with Crippen molar-refractivity contribution >= 4 is 6.09 Å². The molecule has 1 heterocycles. The molecule has 0 spiro atoms. The number of nitrogens with zero attached hydrogens (tertiary/aromatic N) is 1. The van der Waals surface area contributed by atoms with Gasteiger partial charge in [-0.3, -0.25) is 4.90 Å². The summed E-state index contributed by atoms with van der Waals surface area (Å²) in [7, 11) is 0. The van der Waals surface area contributed by atoms with Crippen LogP contribution in [-0.4, -0.2) is 35.2 Å². The van der Waals surface area contributed by atoms with E-state index in [2.05, 4.69) is 25.7 Å². The van der Waals surface area contributed by atoms with Crippen LogP contribution in [0.2, 0.25) is 0 Å². The van der Waals surface area contributed by atoms with E-state index in [0.29, 0.717) is 0 Å². The third kappa shape index (κ3) is 3.38. The summed E-state index contributed by atoms with van der Waals surface area (Å²) in [5.74, 6) is 0. The van der Waals surface area contributed by atoms with Crippen LogP contribution in [0.15, 0.2) is 0 Å². The Balaban J connectivity index is 2.51. The van der Waals surface area contributed by atoms with Crippen LogP contribution in [-0.2, 0) is 4.74 Å². The van der Waals surface area contributed by atoms with Crippen LogP contribution >= 0.6 is 0 Å². The third-order valence-electron chi connectivity index (χ3n) is 3.12. The highest BCUT2D eigenvalue weighted by atomic mass is 16.6. The Hall–Kier alpha value is -0.770. The number of ether oxygens (including phenoxy) is 1. The molecule has 0 aromatic heterocycles. The van der Waals surface area contributed by atoms with Crippen molar-refractivity contribution in [2.45, 2.75) is 51.7 Å². The standard InChI is InChI=1S/C11H22N2O2/c1-10(2,3)13-7-5-11(4,6-8-13)15-9(12)14/h5-8H2,1-4H3,(H2,12,14). The first kappa shape index (κ1) is 12.3. The first-order valence-electron chi connectivity index (χ1n) is 5.46.